The molecule has 58 valence electrons. The van der Waals surface area contributed by atoms with E-state index in [4.69, 9.17) is 0 Å². The van der Waals surface area contributed by atoms with Crippen LogP contribution in [0.15, 0.2) is 0 Å². The quantitative estimate of drug-likeness (QED) is 0.508. The topological polar surface area (TPSA) is 0 Å². The van der Waals surface area contributed by atoms with Crippen molar-refractivity contribution in [2.75, 3.05) is 0 Å². The summed E-state index contributed by atoms with van der Waals surface area (Å²) >= 11 is 0. The molecule has 1 fully saturated rings. The van der Waals surface area contributed by atoms with Gasteiger partial charge in [-0.15, -0.1) is 0 Å². The zero-order valence-corrected chi connectivity index (χ0v) is 8.35. The lowest BCUT2D eigenvalue weighted by molar-refractivity contribution is 0.695. The van der Waals surface area contributed by atoms with Crippen molar-refractivity contribution in [2.24, 2.45) is 0 Å². The Bertz CT molecular complexity index is 95.8. The highest BCUT2D eigenvalue weighted by Gasteiger charge is 2.27. The Morgan fingerprint density at radius 2 is 1.90 bits per heavy atom. The summed E-state index contributed by atoms with van der Waals surface area (Å²) in [5, 5.41) is 0. The van der Waals surface area contributed by atoms with E-state index in [9.17, 15) is 0 Å². The lowest BCUT2D eigenvalue weighted by Gasteiger charge is -2.31. The monoisotopic (exact) mass is 154 g/mol. The second-order valence-electron chi connectivity index (χ2n) is 4.31. The van der Waals surface area contributed by atoms with Crippen LogP contribution in [0.1, 0.15) is 19.3 Å². The molecule has 0 aromatic rings. The first kappa shape index (κ1) is 8.31. The van der Waals surface area contributed by atoms with Crippen LogP contribution in [-0.2, 0) is 0 Å². The molecule has 0 saturated heterocycles. The third-order valence-corrected chi connectivity index (χ3v) is 5.05. The van der Waals surface area contributed by atoms with Crippen LogP contribution in [0.4, 0.5) is 0 Å². The highest BCUT2D eigenvalue weighted by Crippen LogP contribution is 2.35. The average molecular weight is 154 g/mol. The number of hydrogen-bond acceptors (Lipinski definition) is 0. The van der Waals surface area contributed by atoms with Crippen molar-refractivity contribution in [1.82, 2.24) is 0 Å². The predicted molar refractivity (Wildman–Crippen MR) is 49.5 cm³/mol. The van der Waals surface area contributed by atoms with Crippen molar-refractivity contribution < 1.29 is 0 Å². The highest BCUT2D eigenvalue weighted by atomic mass is 28.3. The molecule has 0 spiro atoms. The van der Waals surface area contributed by atoms with Crippen molar-refractivity contribution >= 4 is 8.07 Å². The van der Waals surface area contributed by atoms with Gasteiger partial charge in [-0.3, -0.25) is 0 Å². The van der Waals surface area contributed by atoms with Gasteiger partial charge in [0.05, 0.1) is 0 Å². The second kappa shape index (κ2) is 3.08. The van der Waals surface area contributed by atoms with E-state index < -0.39 is 8.07 Å². The van der Waals surface area contributed by atoms with Gasteiger partial charge in [0.25, 0.3) is 0 Å². The molecule has 1 rings (SSSR count). The van der Waals surface area contributed by atoms with Gasteiger partial charge in [-0.1, -0.05) is 19.6 Å². The minimum Gasteiger partial charge on any atom is -0.0693 e. The molecule has 1 heteroatoms. The van der Waals surface area contributed by atoms with Crippen LogP contribution in [0.2, 0.25) is 25.2 Å². The summed E-state index contributed by atoms with van der Waals surface area (Å²) in [5.74, 6) is 0. The molecule has 1 aliphatic carbocycles. The van der Waals surface area contributed by atoms with E-state index in [0.29, 0.717) is 0 Å². The first-order chi connectivity index (χ1) is 4.61. The molecule has 0 heterocycles. The van der Waals surface area contributed by atoms with Gasteiger partial charge in [-0.25, -0.2) is 0 Å². The highest BCUT2D eigenvalue weighted by molar-refractivity contribution is 6.77. The fourth-order valence-electron chi connectivity index (χ4n) is 1.52. The normalized spacial score (nSPS) is 23.1. The van der Waals surface area contributed by atoms with Gasteiger partial charge in [-0.05, 0) is 37.6 Å². The van der Waals surface area contributed by atoms with Crippen LogP contribution in [0.5, 0.6) is 0 Å². The van der Waals surface area contributed by atoms with Gasteiger partial charge >= 0.3 is 0 Å². The second-order valence-corrected chi connectivity index (χ2v) is 9.78. The molecular weight excluding hydrogens is 136 g/mol. The maximum Gasteiger partial charge on any atom is 0.0476 e. The molecule has 0 N–H and O–H groups in total. The Kier molecular flexibility index (Phi) is 2.56. The van der Waals surface area contributed by atoms with E-state index in [1.54, 1.807) is 0 Å². The number of hydrogen-bond donors (Lipinski definition) is 0. The SMILES string of the molecule is C[Si](C)(C)C1[CH]CC[CH]C1. The van der Waals surface area contributed by atoms with Crippen LogP contribution in [0, 0.1) is 12.8 Å². The summed E-state index contributed by atoms with van der Waals surface area (Å²) in [6, 6.07) is 0. The molecule has 0 aromatic heterocycles. The molecule has 0 aromatic carbocycles. The lowest BCUT2D eigenvalue weighted by atomic mass is 10.0. The summed E-state index contributed by atoms with van der Waals surface area (Å²) in [6.07, 6.45) is 9.01. The van der Waals surface area contributed by atoms with E-state index in [1.165, 1.54) is 19.3 Å². The maximum atomic E-state index is 2.55. The van der Waals surface area contributed by atoms with E-state index in [0.717, 1.165) is 5.54 Å². The molecule has 0 aliphatic heterocycles. The van der Waals surface area contributed by atoms with Gasteiger partial charge in [-0.2, -0.15) is 0 Å². The Labute approximate surface area is 66.0 Å². The molecular formula is C9H18Si. The van der Waals surface area contributed by atoms with Crippen molar-refractivity contribution in [3.05, 3.63) is 12.8 Å². The summed E-state index contributed by atoms with van der Waals surface area (Å²) in [4.78, 5) is 0. The van der Waals surface area contributed by atoms with E-state index >= 15 is 0 Å². The Balaban J connectivity index is 2.39. The van der Waals surface area contributed by atoms with Gasteiger partial charge in [0.1, 0.15) is 0 Å². The summed E-state index contributed by atoms with van der Waals surface area (Å²) in [6.45, 7) is 7.40. The van der Waals surface area contributed by atoms with Gasteiger partial charge < -0.3 is 0 Å². The molecule has 0 nitrogen and oxygen atoms in total. The van der Waals surface area contributed by atoms with Crippen LogP contribution in [0.3, 0.4) is 0 Å². The van der Waals surface area contributed by atoms with Crippen molar-refractivity contribution in [3.63, 3.8) is 0 Å². The average Bonchev–Trinajstić information content (AvgIpc) is 1.88. The predicted octanol–water partition coefficient (Wildman–Crippen LogP) is 3.29. The molecule has 10 heavy (non-hydrogen) atoms. The number of rotatable bonds is 1. The summed E-state index contributed by atoms with van der Waals surface area (Å²) in [5.41, 5.74) is 0.959. The molecule has 1 unspecified atom stereocenters. The molecule has 1 atom stereocenters. The largest absolute Gasteiger partial charge is 0.0693 e. The van der Waals surface area contributed by atoms with Crippen LogP contribution in [0.25, 0.3) is 0 Å². The Morgan fingerprint density at radius 3 is 2.20 bits per heavy atom. The minimum absolute atomic E-state index is 0.843. The molecule has 1 aliphatic rings. The summed E-state index contributed by atoms with van der Waals surface area (Å²) in [7, 11) is -0.843. The molecule has 1 saturated carbocycles. The van der Waals surface area contributed by atoms with Crippen LogP contribution in [-0.4, -0.2) is 8.07 Å². The third-order valence-electron chi connectivity index (χ3n) is 2.35. The fourth-order valence-corrected chi connectivity index (χ4v) is 3.26. The zero-order valence-electron chi connectivity index (χ0n) is 7.35. The van der Waals surface area contributed by atoms with Gasteiger partial charge in [0.15, 0.2) is 0 Å². The molecule has 0 amide bonds. The van der Waals surface area contributed by atoms with Crippen molar-refractivity contribution in [1.29, 1.82) is 0 Å². The van der Waals surface area contributed by atoms with E-state index in [1.807, 2.05) is 0 Å². The lowest BCUT2D eigenvalue weighted by Crippen LogP contribution is -2.30. The van der Waals surface area contributed by atoms with E-state index in [-0.39, 0.29) is 0 Å². The van der Waals surface area contributed by atoms with Gasteiger partial charge in [0, 0.05) is 8.07 Å². The standard InChI is InChI=1S/C9H18Si/c1-10(2,3)9-7-5-4-6-8-9/h5,8-9H,4,6-7H2,1-3H3. The van der Waals surface area contributed by atoms with Crippen molar-refractivity contribution in [3.8, 4) is 0 Å². The third kappa shape index (κ3) is 2.12. The minimum atomic E-state index is -0.843. The van der Waals surface area contributed by atoms with Crippen molar-refractivity contribution in [2.45, 2.75) is 44.4 Å². The Morgan fingerprint density at radius 1 is 1.20 bits per heavy atom. The fraction of sp³-hybridized carbons (Fsp3) is 0.778. The van der Waals surface area contributed by atoms with Crippen LogP contribution < -0.4 is 0 Å². The first-order valence-electron chi connectivity index (χ1n) is 4.26. The summed E-state index contributed by atoms with van der Waals surface area (Å²) < 4.78 is 0. The van der Waals surface area contributed by atoms with Gasteiger partial charge in [0.2, 0.25) is 0 Å². The molecule has 0 bridgehead atoms. The smallest absolute Gasteiger partial charge is 0.0476 e. The Hall–Kier alpha value is 0.217. The first-order valence-corrected chi connectivity index (χ1v) is 7.83. The van der Waals surface area contributed by atoms with E-state index in [2.05, 4.69) is 32.5 Å². The zero-order chi connectivity index (χ0) is 7.61. The van der Waals surface area contributed by atoms with Crippen LogP contribution >= 0.6 is 0 Å². The molecule has 2 radical (unpaired) electrons. The maximum absolute atomic E-state index is 2.55.